The Kier molecular flexibility index (Phi) is 6.26. The molecule has 10 nitrogen and oxygen atoms in total. The number of aromatic carboxylic acids is 1. The van der Waals surface area contributed by atoms with E-state index < -0.39 is 11.8 Å². The summed E-state index contributed by atoms with van der Waals surface area (Å²) in [4.78, 5) is 28.4. The van der Waals surface area contributed by atoms with Crippen molar-refractivity contribution in [1.29, 1.82) is 0 Å². The number of hydrogen-bond acceptors (Lipinski definition) is 9. The molecule has 206 valence electrons. The van der Waals surface area contributed by atoms with Crippen molar-refractivity contribution in [1.82, 2.24) is 24.4 Å². The molecule has 0 unspecified atom stereocenters. The van der Waals surface area contributed by atoms with Gasteiger partial charge in [0, 0.05) is 44.6 Å². The maximum Gasteiger partial charge on any atom is 0.346 e. The van der Waals surface area contributed by atoms with Crippen molar-refractivity contribution in [2.24, 2.45) is 0 Å². The fraction of sp³-hybridized carbons (Fsp3) is 0.357. The molecule has 3 aliphatic rings. The highest BCUT2D eigenvalue weighted by Crippen LogP contribution is 2.48. The molecule has 1 aromatic carbocycles. The topological polar surface area (TPSA) is 112 Å². The van der Waals surface area contributed by atoms with Gasteiger partial charge in [-0.15, -0.1) is 11.3 Å². The minimum atomic E-state index is -1.14. The first-order valence-electron chi connectivity index (χ1n) is 13.1. The van der Waals surface area contributed by atoms with Crippen LogP contribution in [0.2, 0.25) is 5.02 Å². The van der Waals surface area contributed by atoms with E-state index in [1.165, 1.54) is 29.3 Å². The lowest BCUT2D eigenvalue weighted by atomic mass is 9.98. The quantitative estimate of drug-likeness (QED) is 0.324. The largest absolute Gasteiger partial charge is 0.477 e. The summed E-state index contributed by atoms with van der Waals surface area (Å²) in [6, 6.07) is 7.64. The minimum absolute atomic E-state index is 0.142. The lowest BCUT2D eigenvalue weighted by Gasteiger charge is -2.29. The van der Waals surface area contributed by atoms with Gasteiger partial charge in [-0.25, -0.2) is 19.7 Å². The predicted octanol–water partition coefficient (Wildman–Crippen LogP) is 4.96. The third-order valence-corrected chi connectivity index (χ3v) is 8.73. The van der Waals surface area contributed by atoms with Gasteiger partial charge in [-0.05, 0) is 30.5 Å². The van der Waals surface area contributed by atoms with Gasteiger partial charge in [0.1, 0.15) is 15.5 Å². The molecule has 3 aromatic heterocycles. The van der Waals surface area contributed by atoms with Gasteiger partial charge in [-0.2, -0.15) is 0 Å². The van der Waals surface area contributed by atoms with Crippen LogP contribution in [0.4, 0.5) is 0 Å². The molecule has 7 rings (SSSR count). The molecule has 4 aromatic rings. The molecule has 0 saturated carbocycles. The van der Waals surface area contributed by atoms with Crippen LogP contribution in [0.25, 0.3) is 15.9 Å². The number of para-hydroxylation sites is 1. The summed E-state index contributed by atoms with van der Waals surface area (Å²) >= 11 is 7.18. The highest BCUT2D eigenvalue weighted by Gasteiger charge is 2.43. The van der Waals surface area contributed by atoms with Gasteiger partial charge in [0.05, 0.1) is 29.7 Å². The van der Waals surface area contributed by atoms with Crippen LogP contribution < -0.4 is 9.47 Å². The smallest absolute Gasteiger partial charge is 0.346 e. The van der Waals surface area contributed by atoms with Crippen LogP contribution in [-0.4, -0.2) is 61.3 Å². The number of thiophene rings is 1. The Balaban J connectivity index is 1.10. The summed E-state index contributed by atoms with van der Waals surface area (Å²) in [7, 11) is 0. The number of carboxylic acid groups (broad SMARTS) is 1. The van der Waals surface area contributed by atoms with Crippen LogP contribution in [0.1, 0.15) is 46.6 Å². The molecule has 1 saturated heterocycles. The van der Waals surface area contributed by atoms with Crippen LogP contribution in [0.15, 0.2) is 42.7 Å². The normalized spacial score (nSPS) is 22.4. The van der Waals surface area contributed by atoms with Crippen molar-refractivity contribution in [3.63, 3.8) is 0 Å². The summed E-state index contributed by atoms with van der Waals surface area (Å²) in [5, 5.41) is 9.89. The molecule has 0 amide bonds. The van der Waals surface area contributed by atoms with E-state index in [1.807, 2.05) is 12.1 Å². The Hall–Kier alpha value is -3.51. The van der Waals surface area contributed by atoms with E-state index in [4.69, 9.17) is 30.8 Å². The van der Waals surface area contributed by atoms with E-state index in [0.29, 0.717) is 40.3 Å². The maximum absolute atomic E-state index is 11.5. The van der Waals surface area contributed by atoms with Crippen LogP contribution in [0.5, 0.6) is 11.5 Å². The maximum atomic E-state index is 11.5. The third kappa shape index (κ3) is 4.52. The Bertz CT molecular complexity index is 1650. The summed E-state index contributed by atoms with van der Waals surface area (Å²) in [5.41, 5.74) is 3.06. The zero-order valence-electron chi connectivity index (χ0n) is 21.7. The number of imidazole rings is 1. The molecule has 40 heavy (non-hydrogen) atoms. The molecule has 1 fully saturated rings. The molecule has 3 aliphatic heterocycles. The van der Waals surface area contributed by atoms with Crippen molar-refractivity contribution in [2.75, 3.05) is 19.7 Å². The van der Waals surface area contributed by atoms with Crippen molar-refractivity contribution in [3.8, 4) is 11.5 Å². The number of benzene rings is 1. The van der Waals surface area contributed by atoms with Gasteiger partial charge in [0.15, 0.2) is 11.5 Å². The average molecular weight is 580 g/mol. The van der Waals surface area contributed by atoms with Gasteiger partial charge in [-0.1, -0.05) is 29.8 Å². The van der Waals surface area contributed by atoms with Gasteiger partial charge >= 0.3 is 11.8 Å². The Labute approximate surface area is 238 Å². The fourth-order valence-electron chi connectivity index (χ4n) is 5.34. The Morgan fingerprint density at radius 2 is 2.10 bits per heavy atom. The number of halogens is 1. The monoisotopic (exact) mass is 579 g/mol. The molecule has 1 N–H and O–H groups in total. The Morgan fingerprint density at radius 3 is 2.80 bits per heavy atom. The third-order valence-electron chi connectivity index (χ3n) is 7.53. The van der Waals surface area contributed by atoms with Crippen molar-refractivity contribution in [3.05, 3.63) is 69.8 Å². The first-order chi connectivity index (χ1) is 19.4. The number of carboxylic acids is 1. The standard InChI is InChI=1S/C28H26ClN5O5S/c1-28(27-30-12-17(29)13-31-27)38-21-4-2-3-19(24(21)39-28)16-5-8-33(9-6-16)15-23-32-25-20(11-22(40-25)26(35)36)34(23)14-18-7-10-37-18/h2-5,11-13,18H,6-10,14-15H2,1H3,(H,35,36)/t18-,28-/m0/s1. The molecule has 0 radical (unpaired) electrons. The summed E-state index contributed by atoms with van der Waals surface area (Å²) in [6.45, 7) is 5.51. The first-order valence-corrected chi connectivity index (χ1v) is 14.3. The summed E-state index contributed by atoms with van der Waals surface area (Å²) in [6.07, 6.45) is 7.26. The van der Waals surface area contributed by atoms with Gasteiger partial charge in [-0.3, -0.25) is 4.90 Å². The van der Waals surface area contributed by atoms with E-state index in [9.17, 15) is 9.90 Å². The number of ether oxygens (including phenoxy) is 3. The van der Waals surface area contributed by atoms with E-state index in [1.54, 1.807) is 13.0 Å². The van der Waals surface area contributed by atoms with E-state index in [2.05, 4.69) is 31.6 Å². The van der Waals surface area contributed by atoms with Gasteiger partial charge < -0.3 is 23.9 Å². The van der Waals surface area contributed by atoms with E-state index in [-0.39, 0.29) is 6.10 Å². The highest BCUT2D eigenvalue weighted by molar-refractivity contribution is 7.20. The summed E-state index contributed by atoms with van der Waals surface area (Å²) < 4.78 is 20.3. The molecule has 2 atom stereocenters. The second-order valence-corrected chi connectivity index (χ2v) is 11.7. The van der Waals surface area contributed by atoms with Crippen LogP contribution in [-0.2, 0) is 23.6 Å². The molecular weight excluding hydrogens is 554 g/mol. The molecule has 12 heteroatoms. The number of nitrogens with zero attached hydrogens (tertiary/aromatic N) is 5. The lowest BCUT2D eigenvalue weighted by Crippen LogP contribution is -2.34. The zero-order valence-corrected chi connectivity index (χ0v) is 23.2. The van der Waals surface area contributed by atoms with Crippen molar-refractivity contribution in [2.45, 2.75) is 44.7 Å². The average Bonchev–Trinajstić information content (AvgIpc) is 3.58. The molecule has 0 aliphatic carbocycles. The zero-order chi connectivity index (χ0) is 27.4. The second kappa shape index (κ2) is 9.84. The van der Waals surface area contributed by atoms with Crippen LogP contribution in [0.3, 0.4) is 0 Å². The SMILES string of the molecule is C[C@]1(c2ncc(Cl)cn2)Oc2cccc(C3=CCN(Cc4nc5sc(C(=O)O)cc5n4C[C@@H]4CCO4)CC3)c2O1. The fourth-order valence-corrected chi connectivity index (χ4v) is 6.33. The predicted molar refractivity (Wildman–Crippen MR) is 149 cm³/mol. The van der Waals surface area contributed by atoms with Gasteiger partial charge in [0.25, 0.3) is 0 Å². The number of aromatic nitrogens is 4. The number of rotatable bonds is 7. The highest BCUT2D eigenvalue weighted by atomic mass is 35.5. The molecular formula is C28H26ClN5O5S. The second-order valence-electron chi connectivity index (χ2n) is 10.2. The van der Waals surface area contributed by atoms with E-state index in [0.717, 1.165) is 54.3 Å². The van der Waals surface area contributed by atoms with Crippen molar-refractivity contribution < 1.29 is 24.1 Å². The number of fused-ring (bicyclic) bond motifs is 2. The minimum Gasteiger partial charge on any atom is -0.477 e. The van der Waals surface area contributed by atoms with E-state index >= 15 is 0 Å². The molecule has 0 spiro atoms. The number of carbonyl (C=O) groups is 1. The molecule has 6 heterocycles. The molecule has 0 bridgehead atoms. The lowest BCUT2D eigenvalue weighted by molar-refractivity contribution is -0.0758. The van der Waals surface area contributed by atoms with Crippen LogP contribution in [0, 0.1) is 0 Å². The van der Waals surface area contributed by atoms with Gasteiger partial charge in [0.2, 0.25) is 5.82 Å². The van der Waals surface area contributed by atoms with Crippen molar-refractivity contribution >= 4 is 44.8 Å². The first kappa shape index (κ1) is 25.5. The van der Waals surface area contributed by atoms with Crippen LogP contribution >= 0.6 is 22.9 Å². The number of hydrogen-bond donors (Lipinski definition) is 1. The summed E-state index contributed by atoms with van der Waals surface area (Å²) in [5.74, 6) is 0.616. The Morgan fingerprint density at radius 1 is 1.27 bits per heavy atom.